The molecule has 0 spiro atoms. The topological polar surface area (TPSA) is 48.4 Å². The van der Waals surface area contributed by atoms with Crippen molar-refractivity contribution >= 4 is 28.6 Å². The minimum Gasteiger partial charge on any atom is -0.464 e. The van der Waals surface area contributed by atoms with E-state index in [4.69, 9.17) is 0 Å². The highest BCUT2D eigenvalue weighted by molar-refractivity contribution is 14.1. The van der Waals surface area contributed by atoms with Crippen LogP contribution in [0, 0.1) is 3.70 Å². The largest absolute Gasteiger partial charge is 0.573 e. The zero-order chi connectivity index (χ0) is 13.9. The van der Waals surface area contributed by atoms with Crippen LogP contribution in [0.2, 0.25) is 0 Å². The van der Waals surface area contributed by atoms with E-state index in [1.54, 1.807) is 22.6 Å². The van der Waals surface area contributed by atoms with E-state index in [1.165, 1.54) is 0 Å². The minimum absolute atomic E-state index is 0.0602. The third-order valence-corrected chi connectivity index (χ3v) is 2.70. The molecule has 0 aliphatic rings. The summed E-state index contributed by atoms with van der Waals surface area (Å²) >= 11 is 1.59. The minimum atomic E-state index is -5.01. The summed E-state index contributed by atoms with van der Waals surface area (Å²) in [6.07, 6.45) is -5.01. The van der Waals surface area contributed by atoms with Crippen LogP contribution < -0.4 is 4.74 Å². The van der Waals surface area contributed by atoms with Crippen LogP contribution >= 0.6 is 22.6 Å². The molecule has 1 aromatic rings. The number of rotatable bonds is 3. The van der Waals surface area contributed by atoms with E-state index in [0.29, 0.717) is 0 Å². The van der Waals surface area contributed by atoms with Crippen LogP contribution in [0.15, 0.2) is 6.07 Å². The molecule has 0 radical (unpaired) electrons. The molecule has 1 heterocycles. The number of esters is 1. The maximum Gasteiger partial charge on any atom is 0.573 e. The molecule has 18 heavy (non-hydrogen) atoms. The normalized spacial score (nSPS) is 11.2. The first kappa shape index (κ1) is 14.9. The van der Waals surface area contributed by atoms with E-state index < -0.39 is 30.4 Å². The SMILES string of the molecule is COC(=O)c1nc(I)c(CF)cc1OC(F)(F)F. The molecule has 0 N–H and O–H groups in total. The van der Waals surface area contributed by atoms with Gasteiger partial charge in [-0.25, -0.2) is 14.2 Å². The summed E-state index contributed by atoms with van der Waals surface area (Å²) < 4.78 is 56.9. The van der Waals surface area contributed by atoms with Crippen molar-refractivity contribution in [1.29, 1.82) is 0 Å². The third-order valence-electron chi connectivity index (χ3n) is 1.76. The average Bonchev–Trinajstić information content (AvgIpc) is 2.28. The number of hydrogen-bond donors (Lipinski definition) is 0. The van der Waals surface area contributed by atoms with Crippen LogP contribution in [0.25, 0.3) is 0 Å². The maximum atomic E-state index is 12.5. The highest BCUT2D eigenvalue weighted by atomic mass is 127. The quantitative estimate of drug-likeness (QED) is 0.351. The molecule has 9 heteroatoms. The Balaban J connectivity index is 3.30. The number of ether oxygens (including phenoxy) is 2. The molecular formula is C9H6F4INO3. The molecular weight excluding hydrogens is 373 g/mol. The van der Waals surface area contributed by atoms with E-state index in [-0.39, 0.29) is 9.26 Å². The number of alkyl halides is 4. The van der Waals surface area contributed by atoms with Gasteiger partial charge in [-0.3, -0.25) is 0 Å². The monoisotopic (exact) mass is 379 g/mol. The van der Waals surface area contributed by atoms with Gasteiger partial charge in [-0.1, -0.05) is 0 Å². The third kappa shape index (κ3) is 3.68. The first-order valence-electron chi connectivity index (χ1n) is 4.38. The fourth-order valence-electron chi connectivity index (χ4n) is 1.05. The molecule has 4 nitrogen and oxygen atoms in total. The van der Waals surface area contributed by atoms with Crippen molar-refractivity contribution < 1.29 is 31.8 Å². The number of aromatic nitrogens is 1. The molecule has 0 saturated heterocycles. The van der Waals surface area contributed by atoms with Crippen LogP contribution in [-0.4, -0.2) is 24.4 Å². The summed E-state index contributed by atoms with van der Waals surface area (Å²) in [7, 11) is 0.983. The molecule has 0 aliphatic carbocycles. The summed E-state index contributed by atoms with van der Waals surface area (Å²) in [4.78, 5) is 14.8. The second-order valence-corrected chi connectivity index (χ2v) is 3.98. The first-order valence-corrected chi connectivity index (χ1v) is 5.45. The zero-order valence-electron chi connectivity index (χ0n) is 8.85. The van der Waals surface area contributed by atoms with E-state index in [1.807, 2.05) is 0 Å². The molecule has 1 rings (SSSR count). The Kier molecular flexibility index (Phi) is 4.71. The lowest BCUT2D eigenvalue weighted by Crippen LogP contribution is -2.20. The van der Waals surface area contributed by atoms with Gasteiger partial charge in [0.25, 0.3) is 0 Å². The lowest BCUT2D eigenvalue weighted by Gasteiger charge is -2.13. The second-order valence-electron chi connectivity index (χ2n) is 2.96. The van der Waals surface area contributed by atoms with E-state index in [9.17, 15) is 22.4 Å². The van der Waals surface area contributed by atoms with Crippen molar-refractivity contribution in [3.05, 3.63) is 21.0 Å². The molecule has 0 amide bonds. The van der Waals surface area contributed by atoms with Gasteiger partial charge in [-0.2, -0.15) is 0 Å². The van der Waals surface area contributed by atoms with E-state index >= 15 is 0 Å². The number of carbonyl (C=O) groups excluding carboxylic acids is 1. The van der Waals surface area contributed by atoms with Crippen molar-refractivity contribution in [2.24, 2.45) is 0 Å². The summed E-state index contributed by atoms with van der Waals surface area (Å²) in [6, 6.07) is 0.772. The zero-order valence-corrected chi connectivity index (χ0v) is 11.0. The molecule has 0 fully saturated rings. The van der Waals surface area contributed by atoms with Crippen LogP contribution in [0.5, 0.6) is 5.75 Å². The predicted octanol–water partition coefficient (Wildman–Crippen LogP) is 2.84. The number of halogens is 5. The standard InChI is InChI=1S/C9H6F4INO3/c1-17-8(16)6-5(18-9(11,12)13)2-4(3-10)7(14)15-6/h2H,3H2,1H3. The number of nitrogens with zero attached hydrogens (tertiary/aromatic N) is 1. The lowest BCUT2D eigenvalue weighted by molar-refractivity contribution is -0.274. The Bertz CT molecular complexity index is 464. The Hall–Kier alpha value is -1.13. The van der Waals surface area contributed by atoms with Crippen LogP contribution in [-0.2, 0) is 11.4 Å². The number of hydrogen-bond acceptors (Lipinski definition) is 4. The van der Waals surface area contributed by atoms with Crippen molar-refractivity contribution in [1.82, 2.24) is 4.98 Å². The van der Waals surface area contributed by atoms with Gasteiger partial charge >= 0.3 is 12.3 Å². The van der Waals surface area contributed by atoms with Gasteiger partial charge < -0.3 is 9.47 Å². The Labute approximate surface area is 112 Å². The van der Waals surface area contributed by atoms with Crippen LogP contribution in [0.4, 0.5) is 17.6 Å². The highest BCUT2D eigenvalue weighted by Gasteiger charge is 2.34. The first-order chi connectivity index (χ1) is 8.28. The Morgan fingerprint density at radius 3 is 2.56 bits per heavy atom. The van der Waals surface area contributed by atoms with E-state index in [0.717, 1.165) is 13.2 Å². The molecule has 0 atom stereocenters. The number of pyridine rings is 1. The van der Waals surface area contributed by atoms with E-state index in [2.05, 4.69) is 14.5 Å². The molecule has 0 saturated carbocycles. The van der Waals surface area contributed by atoms with Crippen molar-refractivity contribution in [2.45, 2.75) is 13.0 Å². The molecule has 0 unspecified atom stereocenters. The van der Waals surface area contributed by atoms with Gasteiger partial charge in [-0.05, 0) is 28.7 Å². The van der Waals surface area contributed by atoms with Gasteiger partial charge in [0.1, 0.15) is 10.4 Å². The average molecular weight is 379 g/mol. The highest BCUT2D eigenvalue weighted by Crippen LogP contribution is 2.28. The fraction of sp³-hybridized carbons (Fsp3) is 0.333. The molecule has 0 aliphatic heterocycles. The van der Waals surface area contributed by atoms with Crippen molar-refractivity contribution in [3.63, 3.8) is 0 Å². The van der Waals surface area contributed by atoms with Gasteiger partial charge in [0.05, 0.1) is 7.11 Å². The lowest BCUT2D eigenvalue weighted by atomic mass is 10.2. The molecule has 100 valence electrons. The maximum absolute atomic E-state index is 12.5. The molecule has 0 aromatic carbocycles. The number of methoxy groups -OCH3 is 1. The van der Waals surface area contributed by atoms with Crippen molar-refractivity contribution in [3.8, 4) is 5.75 Å². The number of carbonyl (C=O) groups is 1. The van der Waals surface area contributed by atoms with Gasteiger partial charge in [0.15, 0.2) is 11.4 Å². The molecule has 1 aromatic heterocycles. The summed E-state index contributed by atoms with van der Waals surface area (Å²) in [5, 5.41) is 0. The Morgan fingerprint density at radius 2 is 2.11 bits per heavy atom. The van der Waals surface area contributed by atoms with Crippen LogP contribution in [0.1, 0.15) is 16.1 Å². The van der Waals surface area contributed by atoms with Crippen LogP contribution in [0.3, 0.4) is 0 Å². The second kappa shape index (κ2) is 5.67. The Morgan fingerprint density at radius 1 is 1.50 bits per heavy atom. The molecule has 0 bridgehead atoms. The summed E-state index contributed by atoms with van der Waals surface area (Å²) in [6.45, 7) is -1.03. The summed E-state index contributed by atoms with van der Waals surface area (Å²) in [5.41, 5.74) is -0.765. The van der Waals surface area contributed by atoms with Crippen molar-refractivity contribution in [2.75, 3.05) is 7.11 Å². The predicted molar refractivity (Wildman–Crippen MR) is 59.8 cm³/mol. The van der Waals surface area contributed by atoms with Gasteiger partial charge in [0.2, 0.25) is 0 Å². The van der Waals surface area contributed by atoms with Gasteiger partial charge in [-0.15, -0.1) is 13.2 Å². The van der Waals surface area contributed by atoms with Gasteiger partial charge in [0, 0.05) is 5.56 Å². The fourth-order valence-corrected chi connectivity index (χ4v) is 1.59. The smallest absolute Gasteiger partial charge is 0.464 e. The summed E-state index contributed by atoms with van der Waals surface area (Å²) in [5.74, 6) is -1.99.